The van der Waals surface area contributed by atoms with Gasteiger partial charge in [-0.25, -0.2) is 9.59 Å². The first-order valence-corrected chi connectivity index (χ1v) is 8.38. The molecule has 0 saturated heterocycles. The number of urea groups is 1. The molecule has 2 rings (SSSR count). The fourth-order valence-electron chi connectivity index (χ4n) is 1.99. The molecule has 1 atom stereocenters. The highest BCUT2D eigenvalue weighted by molar-refractivity contribution is 7.98. The van der Waals surface area contributed by atoms with Crippen LogP contribution < -0.4 is 10.6 Å². The fourth-order valence-corrected chi connectivity index (χ4v) is 2.46. The van der Waals surface area contributed by atoms with Crippen molar-refractivity contribution in [2.45, 2.75) is 12.5 Å². The third-order valence-corrected chi connectivity index (χ3v) is 3.77. The molecule has 2 N–H and O–H groups in total. The molecule has 0 saturated carbocycles. The summed E-state index contributed by atoms with van der Waals surface area (Å²) in [6.07, 6.45) is 5.63. The highest BCUT2D eigenvalue weighted by Gasteiger charge is 2.21. The number of benzene rings is 1. The molecule has 1 heterocycles. The summed E-state index contributed by atoms with van der Waals surface area (Å²) in [5.74, 6) is 0.282. The van der Waals surface area contributed by atoms with Crippen molar-refractivity contribution >= 4 is 40.5 Å². The molecule has 0 fully saturated rings. The van der Waals surface area contributed by atoms with Gasteiger partial charge in [0, 0.05) is 18.1 Å². The number of nitrogens with zero attached hydrogens (tertiary/aromatic N) is 2. The van der Waals surface area contributed by atoms with Crippen LogP contribution >= 0.6 is 11.8 Å². The summed E-state index contributed by atoms with van der Waals surface area (Å²) >= 11 is 1.60. The molecule has 0 unspecified atom stereocenters. The van der Waals surface area contributed by atoms with E-state index in [2.05, 4.69) is 20.6 Å². The highest BCUT2D eigenvalue weighted by atomic mass is 32.2. The molecule has 1 aromatic carbocycles. The van der Waals surface area contributed by atoms with Gasteiger partial charge in [-0.3, -0.25) is 9.97 Å². The fraction of sp³-hybridized carbons (Fsp3) is 0.333. The van der Waals surface area contributed by atoms with Gasteiger partial charge in [-0.1, -0.05) is 0 Å². The number of aromatic nitrogens is 2. The van der Waals surface area contributed by atoms with Crippen molar-refractivity contribution in [3.8, 4) is 0 Å². The van der Waals surface area contributed by atoms with Gasteiger partial charge in [-0.05, 0) is 36.6 Å². The Morgan fingerprint density at radius 3 is 2.70 bits per heavy atom. The number of esters is 1. The topological polar surface area (TPSA) is 93.2 Å². The lowest BCUT2D eigenvalue weighted by atomic mass is 10.2. The lowest BCUT2D eigenvalue weighted by Crippen LogP contribution is -2.44. The smallest absolute Gasteiger partial charge is 0.328 e. The van der Waals surface area contributed by atoms with Gasteiger partial charge in [-0.2, -0.15) is 11.8 Å². The van der Waals surface area contributed by atoms with Crippen LogP contribution in [0.2, 0.25) is 0 Å². The number of carbonyl (C=O) groups is 2. The van der Waals surface area contributed by atoms with Crippen molar-refractivity contribution in [1.29, 1.82) is 0 Å². The van der Waals surface area contributed by atoms with E-state index in [1.807, 2.05) is 6.26 Å². The summed E-state index contributed by atoms with van der Waals surface area (Å²) in [7, 11) is 1.30. The third kappa shape index (κ3) is 4.82. The average Bonchev–Trinajstić information content (AvgIpc) is 2.57. The first-order valence-electron chi connectivity index (χ1n) is 6.99. The summed E-state index contributed by atoms with van der Waals surface area (Å²) in [6, 6.07) is 4.07. The second-order valence-electron chi connectivity index (χ2n) is 4.72. The number of fused-ring (bicyclic) bond motifs is 1. The standard InChI is InChI=1S/C15H18N4O3S/c1-22-14(20)12(5-8-23-2)19-15(21)18-10-3-4-11-13(9-10)17-7-6-16-11/h3-4,6-7,9,12H,5,8H2,1-2H3,(H2,18,19,21)/t12-/m0/s1. The molecule has 7 nitrogen and oxygen atoms in total. The Labute approximate surface area is 138 Å². The number of thioether (sulfide) groups is 1. The number of amides is 2. The van der Waals surface area contributed by atoms with Crippen LogP contribution in [0.5, 0.6) is 0 Å². The van der Waals surface area contributed by atoms with Crippen molar-refractivity contribution in [3.05, 3.63) is 30.6 Å². The van der Waals surface area contributed by atoms with E-state index in [9.17, 15) is 9.59 Å². The number of carbonyl (C=O) groups excluding carboxylic acids is 2. The van der Waals surface area contributed by atoms with Crippen molar-refractivity contribution < 1.29 is 14.3 Å². The molecule has 2 amide bonds. The van der Waals surface area contributed by atoms with Crippen LogP contribution in [-0.2, 0) is 9.53 Å². The van der Waals surface area contributed by atoms with E-state index in [4.69, 9.17) is 4.74 Å². The first-order chi connectivity index (χ1) is 11.1. The zero-order valence-electron chi connectivity index (χ0n) is 12.9. The van der Waals surface area contributed by atoms with Crippen LogP contribution in [0.3, 0.4) is 0 Å². The Balaban J connectivity index is 2.02. The third-order valence-electron chi connectivity index (χ3n) is 3.13. The van der Waals surface area contributed by atoms with Crippen molar-refractivity contribution in [2.24, 2.45) is 0 Å². The monoisotopic (exact) mass is 334 g/mol. The summed E-state index contributed by atoms with van der Waals surface area (Å²) in [4.78, 5) is 32.1. The molecular formula is C15H18N4O3S. The maximum Gasteiger partial charge on any atom is 0.328 e. The molecule has 0 spiro atoms. The number of methoxy groups -OCH3 is 1. The Hall–Kier alpha value is -2.35. The summed E-state index contributed by atoms with van der Waals surface area (Å²) < 4.78 is 4.71. The molecule has 0 radical (unpaired) electrons. The van der Waals surface area contributed by atoms with Crippen molar-refractivity contribution in [2.75, 3.05) is 24.4 Å². The maximum atomic E-state index is 12.1. The second-order valence-corrected chi connectivity index (χ2v) is 5.70. The molecular weight excluding hydrogens is 316 g/mol. The van der Waals surface area contributed by atoms with Gasteiger partial charge in [-0.15, -0.1) is 0 Å². The zero-order valence-corrected chi connectivity index (χ0v) is 13.7. The quantitative estimate of drug-likeness (QED) is 0.785. The number of nitrogens with one attached hydrogen (secondary N) is 2. The largest absolute Gasteiger partial charge is 0.467 e. The minimum absolute atomic E-state index is 0.460. The van der Waals surface area contributed by atoms with E-state index in [0.29, 0.717) is 17.6 Å². The number of hydrogen-bond donors (Lipinski definition) is 2. The predicted molar refractivity (Wildman–Crippen MR) is 90.5 cm³/mol. The summed E-state index contributed by atoms with van der Waals surface area (Å²) in [6.45, 7) is 0. The van der Waals surface area contributed by atoms with Gasteiger partial charge >= 0.3 is 12.0 Å². The molecule has 0 aliphatic rings. The number of anilines is 1. The van der Waals surface area contributed by atoms with Gasteiger partial charge in [0.1, 0.15) is 6.04 Å². The minimum Gasteiger partial charge on any atom is -0.467 e. The lowest BCUT2D eigenvalue weighted by Gasteiger charge is -2.16. The predicted octanol–water partition coefficient (Wildman–Crippen LogP) is 2.05. The van der Waals surface area contributed by atoms with Crippen LogP contribution in [0, 0.1) is 0 Å². The van der Waals surface area contributed by atoms with Crippen LogP contribution in [0.15, 0.2) is 30.6 Å². The molecule has 0 bridgehead atoms. The number of ether oxygens (including phenoxy) is 1. The van der Waals surface area contributed by atoms with Gasteiger partial charge in [0.15, 0.2) is 0 Å². The van der Waals surface area contributed by atoms with Gasteiger partial charge < -0.3 is 15.4 Å². The van der Waals surface area contributed by atoms with Gasteiger partial charge in [0.2, 0.25) is 0 Å². The van der Waals surface area contributed by atoms with E-state index >= 15 is 0 Å². The van der Waals surface area contributed by atoms with Gasteiger partial charge in [0.25, 0.3) is 0 Å². The number of rotatable bonds is 6. The van der Waals surface area contributed by atoms with Crippen LogP contribution in [-0.4, -0.2) is 47.1 Å². The minimum atomic E-state index is -0.673. The van der Waals surface area contributed by atoms with Crippen LogP contribution in [0.1, 0.15) is 6.42 Å². The molecule has 2 aromatic rings. The van der Waals surface area contributed by atoms with E-state index < -0.39 is 18.0 Å². The summed E-state index contributed by atoms with van der Waals surface area (Å²) in [5, 5.41) is 5.31. The molecule has 0 aliphatic carbocycles. The lowest BCUT2D eigenvalue weighted by molar-refractivity contribution is -0.142. The Bertz CT molecular complexity index is 695. The van der Waals surface area contributed by atoms with E-state index in [1.54, 1.807) is 42.4 Å². The molecule has 1 aromatic heterocycles. The van der Waals surface area contributed by atoms with E-state index in [-0.39, 0.29) is 0 Å². The van der Waals surface area contributed by atoms with Crippen molar-refractivity contribution in [3.63, 3.8) is 0 Å². The average molecular weight is 334 g/mol. The van der Waals surface area contributed by atoms with E-state index in [1.165, 1.54) is 7.11 Å². The number of hydrogen-bond acceptors (Lipinski definition) is 6. The summed E-state index contributed by atoms with van der Waals surface area (Å²) in [5.41, 5.74) is 1.99. The molecule has 8 heteroatoms. The molecule has 0 aliphatic heterocycles. The SMILES string of the molecule is COC(=O)[C@H](CCSC)NC(=O)Nc1ccc2nccnc2c1. The van der Waals surface area contributed by atoms with Crippen LogP contribution in [0.4, 0.5) is 10.5 Å². The van der Waals surface area contributed by atoms with Gasteiger partial charge in [0.05, 0.1) is 18.1 Å². The Morgan fingerprint density at radius 2 is 2.00 bits per heavy atom. The molecule has 23 heavy (non-hydrogen) atoms. The maximum absolute atomic E-state index is 12.1. The first kappa shape index (κ1) is 17.0. The Morgan fingerprint density at radius 1 is 1.26 bits per heavy atom. The Kier molecular flexibility index (Phi) is 6.16. The second kappa shape index (κ2) is 8.33. The van der Waals surface area contributed by atoms with Crippen molar-refractivity contribution in [1.82, 2.24) is 15.3 Å². The zero-order chi connectivity index (χ0) is 16.7. The highest BCUT2D eigenvalue weighted by Crippen LogP contribution is 2.15. The van der Waals surface area contributed by atoms with E-state index in [0.717, 1.165) is 11.3 Å². The molecule has 122 valence electrons. The normalized spacial score (nSPS) is 11.7. The van der Waals surface area contributed by atoms with Crippen LogP contribution in [0.25, 0.3) is 11.0 Å².